The molecule has 0 aliphatic heterocycles. The molecule has 0 unspecified atom stereocenters. The second kappa shape index (κ2) is 6.55. The van der Waals surface area contributed by atoms with Crippen molar-refractivity contribution in [2.45, 2.75) is 11.8 Å². The van der Waals surface area contributed by atoms with Gasteiger partial charge in [0.2, 0.25) is 0 Å². The Bertz CT molecular complexity index is 1210. The van der Waals surface area contributed by atoms with Crippen LogP contribution < -0.4 is 4.72 Å². The highest BCUT2D eigenvalue weighted by Crippen LogP contribution is 2.31. The lowest BCUT2D eigenvalue weighted by atomic mass is 10.1. The summed E-state index contributed by atoms with van der Waals surface area (Å²) < 4.78 is 41.9. The van der Waals surface area contributed by atoms with E-state index >= 15 is 0 Å². The third kappa shape index (κ3) is 3.31. The monoisotopic (exact) mass is 380 g/mol. The highest BCUT2D eigenvalue weighted by molar-refractivity contribution is 7.92. The third-order valence-corrected chi connectivity index (χ3v) is 5.94. The fourth-order valence-corrected chi connectivity index (χ4v) is 4.43. The molecule has 0 aliphatic rings. The maximum atomic E-state index is 13.6. The molecule has 0 bridgehead atoms. The average molecular weight is 380 g/mol. The first-order valence-corrected chi connectivity index (χ1v) is 9.88. The Hall–Kier alpha value is -3.12. The second-order valence-corrected chi connectivity index (χ2v) is 7.98. The number of sulfonamides is 1. The Labute approximate surface area is 156 Å². The van der Waals surface area contributed by atoms with Gasteiger partial charge in [0.05, 0.1) is 10.6 Å². The molecular formula is C21H17FN2O2S. The van der Waals surface area contributed by atoms with Crippen molar-refractivity contribution < 1.29 is 12.8 Å². The van der Waals surface area contributed by atoms with Gasteiger partial charge in [-0.15, -0.1) is 0 Å². The van der Waals surface area contributed by atoms with E-state index < -0.39 is 15.8 Å². The molecule has 0 radical (unpaired) electrons. The van der Waals surface area contributed by atoms with Crippen LogP contribution in [0.4, 0.5) is 10.1 Å². The molecule has 0 fully saturated rings. The first-order valence-electron chi connectivity index (χ1n) is 8.40. The normalized spacial score (nSPS) is 11.6. The first kappa shape index (κ1) is 17.3. The van der Waals surface area contributed by atoms with Crippen LogP contribution in [-0.4, -0.2) is 13.4 Å². The van der Waals surface area contributed by atoms with Gasteiger partial charge in [0, 0.05) is 22.2 Å². The summed E-state index contributed by atoms with van der Waals surface area (Å²) in [5.41, 5.74) is 3.38. The fraction of sp³-hybridized carbons (Fsp3) is 0.0476. The number of nitrogens with one attached hydrogen (secondary N) is 2. The van der Waals surface area contributed by atoms with E-state index in [-0.39, 0.29) is 4.90 Å². The number of H-pyrrole nitrogens is 1. The number of benzene rings is 3. The van der Waals surface area contributed by atoms with E-state index in [0.717, 1.165) is 22.7 Å². The minimum Gasteiger partial charge on any atom is -0.354 e. The summed E-state index contributed by atoms with van der Waals surface area (Å²) in [6.07, 6.45) is 0. The molecule has 27 heavy (non-hydrogen) atoms. The van der Waals surface area contributed by atoms with E-state index in [0.29, 0.717) is 16.8 Å². The maximum Gasteiger partial charge on any atom is 0.262 e. The second-order valence-electron chi connectivity index (χ2n) is 6.33. The Morgan fingerprint density at radius 1 is 0.926 bits per heavy atom. The van der Waals surface area contributed by atoms with Crippen LogP contribution in [0.2, 0.25) is 0 Å². The van der Waals surface area contributed by atoms with E-state index in [1.165, 1.54) is 12.1 Å². The van der Waals surface area contributed by atoms with Gasteiger partial charge < -0.3 is 4.98 Å². The third-order valence-electron chi connectivity index (χ3n) is 4.43. The Balaban J connectivity index is 1.78. The highest BCUT2D eigenvalue weighted by atomic mass is 32.2. The van der Waals surface area contributed by atoms with Gasteiger partial charge in [-0.3, -0.25) is 4.72 Å². The van der Waals surface area contributed by atoms with Crippen LogP contribution in [0.5, 0.6) is 0 Å². The van der Waals surface area contributed by atoms with Crippen LogP contribution in [0.25, 0.3) is 22.2 Å². The van der Waals surface area contributed by atoms with Crippen LogP contribution in [0.3, 0.4) is 0 Å². The number of halogens is 1. The molecule has 3 aromatic carbocycles. The van der Waals surface area contributed by atoms with Crippen molar-refractivity contribution in [1.82, 2.24) is 4.98 Å². The average Bonchev–Trinajstić information content (AvgIpc) is 3.07. The smallest absolute Gasteiger partial charge is 0.262 e. The molecule has 0 saturated carbocycles. The van der Waals surface area contributed by atoms with Gasteiger partial charge >= 0.3 is 0 Å². The molecule has 1 heterocycles. The molecule has 4 nitrogen and oxygen atoms in total. The number of rotatable bonds is 4. The molecule has 0 spiro atoms. The molecule has 4 aromatic rings. The van der Waals surface area contributed by atoms with E-state index in [9.17, 15) is 12.8 Å². The number of hydrogen-bond acceptors (Lipinski definition) is 2. The van der Waals surface area contributed by atoms with Crippen molar-refractivity contribution in [3.8, 4) is 11.3 Å². The van der Waals surface area contributed by atoms with Crippen molar-refractivity contribution in [3.05, 3.63) is 84.2 Å². The number of anilines is 1. The van der Waals surface area contributed by atoms with Gasteiger partial charge in [0.1, 0.15) is 5.82 Å². The molecule has 1 aromatic heterocycles. The zero-order valence-electron chi connectivity index (χ0n) is 14.5. The van der Waals surface area contributed by atoms with Crippen molar-refractivity contribution in [2.75, 3.05) is 4.72 Å². The maximum absolute atomic E-state index is 13.6. The van der Waals surface area contributed by atoms with Gasteiger partial charge in [-0.05, 0) is 42.8 Å². The standard InChI is InChI=1S/C21H17FN2O2S/c1-14-10-11-16(22)13-21(14)27(25,26)24-19-9-5-3-7-17(19)20-12-15-6-2-4-8-18(15)23-20/h2-13,23-24H,1H3. The molecule has 0 aliphatic carbocycles. The lowest BCUT2D eigenvalue weighted by Gasteiger charge is -2.13. The Morgan fingerprint density at radius 3 is 2.48 bits per heavy atom. The fourth-order valence-electron chi connectivity index (χ4n) is 3.09. The molecule has 0 atom stereocenters. The summed E-state index contributed by atoms with van der Waals surface area (Å²) in [5.74, 6) is -0.593. The van der Waals surface area contributed by atoms with E-state index in [2.05, 4.69) is 9.71 Å². The number of aryl methyl sites for hydroxylation is 1. The lowest BCUT2D eigenvalue weighted by molar-refractivity contribution is 0.594. The van der Waals surface area contributed by atoms with E-state index in [4.69, 9.17) is 0 Å². The van der Waals surface area contributed by atoms with E-state index in [1.54, 1.807) is 19.1 Å². The summed E-state index contributed by atoms with van der Waals surface area (Å²) >= 11 is 0. The van der Waals surface area contributed by atoms with Crippen molar-refractivity contribution in [1.29, 1.82) is 0 Å². The SMILES string of the molecule is Cc1ccc(F)cc1S(=O)(=O)Nc1ccccc1-c1cc2ccccc2[nH]1. The number of hydrogen-bond donors (Lipinski definition) is 2. The summed E-state index contributed by atoms with van der Waals surface area (Å²) in [5, 5.41) is 1.03. The quantitative estimate of drug-likeness (QED) is 0.518. The van der Waals surface area contributed by atoms with Crippen LogP contribution in [0.15, 0.2) is 77.7 Å². The summed E-state index contributed by atoms with van der Waals surface area (Å²) in [6, 6.07) is 20.6. The minimum atomic E-state index is -3.93. The summed E-state index contributed by atoms with van der Waals surface area (Å²) in [4.78, 5) is 3.23. The van der Waals surface area contributed by atoms with Crippen molar-refractivity contribution in [3.63, 3.8) is 0 Å². The largest absolute Gasteiger partial charge is 0.354 e. The number of para-hydroxylation sites is 2. The zero-order chi connectivity index (χ0) is 19.0. The van der Waals surface area contributed by atoms with Gasteiger partial charge in [-0.1, -0.05) is 42.5 Å². The summed E-state index contributed by atoms with van der Waals surface area (Å²) in [7, 11) is -3.93. The number of fused-ring (bicyclic) bond motifs is 1. The Kier molecular flexibility index (Phi) is 4.20. The van der Waals surface area contributed by atoms with Gasteiger partial charge in [-0.25, -0.2) is 12.8 Å². The first-order chi connectivity index (χ1) is 12.9. The molecule has 2 N–H and O–H groups in total. The predicted molar refractivity (Wildman–Crippen MR) is 106 cm³/mol. The summed E-state index contributed by atoms with van der Waals surface area (Å²) in [6.45, 7) is 1.64. The number of aromatic amines is 1. The molecule has 6 heteroatoms. The van der Waals surface area contributed by atoms with Gasteiger partial charge in [0.15, 0.2) is 0 Å². The molecule has 136 valence electrons. The minimum absolute atomic E-state index is 0.0750. The van der Waals surface area contributed by atoms with Crippen LogP contribution in [0, 0.1) is 12.7 Å². The van der Waals surface area contributed by atoms with Crippen LogP contribution in [0.1, 0.15) is 5.56 Å². The van der Waals surface area contributed by atoms with Gasteiger partial charge in [0.25, 0.3) is 10.0 Å². The predicted octanol–water partition coefficient (Wildman–Crippen LogP) is 5.08. The highest BCUT2D eigenvalue weighted by Gasteiger charge is 2.20. The van der Waals surface area contributed by atoms with Crippen LogP contribution >= 0.6 is 0 Å². The van der Waals surface area contributed by atoms with E-state index in [1.807, 2.05) is 42.5 Å². The topological polar surface area (TPSA) is 62.0 Å². The Morgan fingerprint density at radius 2 is 1.67 bits per heavy atom. The number of aromatic nitrogens is 1. The van der Waals surface area contributed by atoms with Crippen LogP contribution in [-0.2, 0) is 10.0 Å². The molecule has 0 amide bonds. The molecular weight excluding hydrogens is 363 g/mol. The van der Waals surface area contributed by atoms with Crippen molar-refractivity contribution in [2.24, 2.45) is 0 Å². The molecule has 0 saturated heterocycles. The molecule has 4 rings (SSSR count). The van der Waals surface area contributed by atoms with Gasteiger partial charge in [-0.2, -0.15) is 0 Å². The lowest BCUT2D eigenvalue weighted by Crippen LogP contribution is -2.15. The zero-order valence-corrected chi connectivity index (χ0v) is 15.3. The van der Waals surface area contributed by atoms with Crippen molar-refractivity contribution >= 4 is 26.6 Å².